The monoisotopic (exact) mass is 446 g/mol. The van der Waals surface area contributed by atoms with Crippen LogP contribution in [0, 0.1) is 0 Å². The van der Waals surface area contributed by atoms with Crippen molar-refractivity contribution in [1.82, 2.24) is 5.01 Å². The van der Waals surface area contributed by atoms with Gasteiger partial charge in [-0.25, -0.2) is 5.01 Å². The molecule has 0 amide bonds. The molecular formula is C26H26N2O5. The maximum absolute atomic E-state index is 6.45. The number of fused-ring (bicyclic) bond motifs is 3. The van der Waals surface area contributed by atoms with E-state index in [9.17, 15) is 0 Å². The van der Waals surface area contributed by atoms with E-state index >= 15 is 0 Å². The van der Waals surface area contributed by atoms with Gasteiger partial charge in [0.2, 0.25) is 6.23 Å². The van der Waals surface area contributed by atoms with E-state index in [0.717, 1.165) is 34.6 Å². The first-order chi connectivity index (χ1) is 16.2. The lowest BCUT2D eigenvalue weighted by atomic mass is 9.95. The van der Waals surface area contributed by atoms with E-state index in [4.69, 9.17) is 28.8 Å². The Labute approximate surface area is 193 Å². The summed E-state index contributed by atoms with van der Waals surface area (Å²) in [5.74, 6) is 3.55. The van der Waals surface area contributed by atoms with Gasteiger partial charge in [-0.3, -0.25) is 0 Å². The van der Waals surface area contributed by atoms with E-state index < -0.39 is 6.23 Å². The fourth-order valence-electron chi connectivity index (χ4n) is 4.45. The highest BCUT2D eigenvalue weighted by atomic mass is 16.5. The predicted octanol–water partition coefficient (Wildman–Crippen LogP) is 4.96. The van der Waals surface area contributed by atoms with Gasteiger partial charge in [-0.2, -0.15) is 5.10 Å². The summed E-state index contributed by atoms with van der Waals surface area (Å²) in [5.41, 5.74) is 4.01. The second-order valence-electron chi connectivity index (χ2n) is 7.84. The molecule has 0 saturated heterocycles. The molecule has 0 bridgehead atoms. The zero-order valence-electron chi connectivity index (χ0n) is 19.1. The van der Waals surface area contributed by atoms with E-state index in [1.54, 1.807) is 28.4 Å². The standard InChI is InChI=1S/C26H26N2O5/c1-29-22-11-9-16(13-24(22)31-3)19-15-20-18-7-5-6-8-21(18)33-26(28(20)27-19)17-10-12-23(30-2)25(14-17)32-4/h5-14,20,26H,15H2,1-4H3/t20-,26-/m1/s1. The molecule has 2 aliphatic heterocycles. The molecule has 0 fully saturated rings. The van der Waals surface area contributed by atoms with Crippen molar-refractivity contribution in [3.8, 4) is 28.7 Å². The van der Waals surface area contributed by atoms with Crippen LogP contribution in [0.4, 0.5) is 0 Å². The lowest BCUT2D eigenvalue weighted by Gasteiger charge is -2.38. The Morgan fingerprint density at radius 3 is 2.18 bits per heavy atom. The molecule has 7 heteroatoms. The molecular weight excluding hydrogens is 420 g/mol. The molecule has 7 nitrogen and oxygen atoms in total. The largest absolute Gasteiger partial charge is 0.493 e. The SMILES string of the molecule is COc1ccc(C2=NN3[C@H](C2)c2ccccc2O[C@@H]3c2ccc(OC)c(OC)c2)cc1OC. The quantitative estimate of drug-likeness (QED) is 0.533. The highest BCUT2D eigenvalue weighted by molar-refractivity contribution is 6.02. The summed E-state index contributed by atoms with van der Waals surface area (Å²) in [5, 5.41) is 7.06. The van der Waals surface area contributed by atoms with Crippen molar-refractivity contribution in [2.24, 2.45) is 5.10 Å². The van der Waals surface area contributed by atoms with Crippen molar-refractivity contribution in [3.63, 3.8) is 0 Å². The zero-order chi connectivity index (χ0) is 22.9. The van der Waals surface area contributed by atoms with Gasteiger partial charge in [0.1, 0.15) is 5.75 Å². The Morgan fingerprint density at radius 1 is 0.788 bits per heavy atom. The van der Waals surface area contributed by atoms with Crippen LogP contribution in [0.3, 0.4) is 0 Å². The van der Waals surface area contributed by atoms with E-state index in [1.807, 2.05) is 59.6 Å². The molecule has 2 heterocycles. The third-order valence-electron chi connectivity index (χ3n) is 6.11. The highest BCUT2D eigenvalue weighted by Gasteiger charge is 2.41. The van der Waals surface area contributed by atoms with Crippen molar-refractivity contribution >= 4 is 5.71 Å². The van der Waals surface area contributed by atoms with Crippen LogP contribution in [-0.2, 0) is 0 Å². The van der Waals surface area contributed by atoms with Gasteiger partial charge in [-0.05, 0) is 42.5 Å². The Morgan fingerprint density at radius 2 is 1.45 bits per heavy atom. The van der Waals surface area contributed by atoms with Crippen LogP contribution in [-0.4, -0.2) is 39.2 Å². The topological polar surface area (TPSA) is 61.8 Å². The fraction of sp³-hybridized carbons (Fsp3) is 0.269. The van der Waals surface area contributed by atoms with E-state index in [0.29, 0.717) is 23.0 Å². The van der Waals surface area contributed by atoms with Crippen molar-refractivity contribution in [2.45, 2.75) is 18.7 Å². The van der Waals surface area contributed by atoms with Crippen molar-refractivity contribution < 1.29 is 23.7 Å². The average Bonchev–Trinajstić information content (AvgIpc) is 3.33. The van der Waals surface area contributed by atoms with Crippen molar-refractivity contribution in [1.29, 1.82) is 0 Å². The van der Waals surface area contributed by atoms with Crippen LogP contribution < -0.4 is 23.7 Å². The second kappa shape index (κ2) is 8.58. The maximum Gasteiger partial charge on any atom is 0.214 e. The first-order valence-electron chi connectivity index (χ1n) is 10.7. The number of hydrogen-bond acceptors (Lipinski definition) is 7. The predicted molar refractivity (Wildman–Crippen MR) is 125 cm³/mol. The molecule has 5 rings (SSSR count). The number of para-hydroxylation sites is 1. The molecule has 0 unspecified atom stereocenters. The molecule has 170 valence electrons. The molecule has 0 saturated carbocycles. The summed E-state index contributed by atoms with van der Waals surface area (Å²) in [6.07, 6.45) is 0.349. The van der Waals surface area contributed by atoms with Gasteiger partial charge < -0.3 is 23.7 Å². The van der Waals surface area contributed by atoms with Gasteiger partial charge in [-0.1, -0.05) is 18.2 Å². The molecule has 0 N–H and O–H groups in total. The first-order valence-corrected chi connectivity index (χ1v) is 10.7. The number of nitrogens with zero attached hydrogens (tertiary/aromatic N) is 2. The van der Waals surface area contributed by atoms with Gasteiger partial charge >= 0.3 is 0 Å². The van der Waals surface area contributed by atoms with Crippen LogP contribution >= 0.6 is 0 Å². The smallest absolute Gasteiger partial charge is 0.214 e. The fourth-order valence-corrected chi connectivity index (χ4v) is 4.45. The number of methoxy groups -OCH3 is 4. The van der Waals surface area contributed by atoms with Crippen LogP contribution in [0.15, 0.2) is 65.8 Å². The van der Waals surface area contributed by atoms with Crippen LogP contribution in [0.5, 0.6) is 28.7 Å². The number of hydrazone groups is 1. The van der Waals surface area contributed by atoms with Gasteiger partial charge in [-0.15, -0.1) is 0 Å². The number of benzene rings is 3. The molecule has 2 atom stereocenters. The number of rotatable bonds is 6. The van der Waals surface area contributed by atoms with Crippen LogP contribution in [0.1, 0.15) is 35.4 Å². The third kappa shape index (κ3) is 3.59. The Hall–Kier alpha value is -3.87. The Kier molecular flexibility index (Phi) is 5.46. The summed E-state index contributed by atoms with van der Waals surface area (Å²) >= 11 is 0. The van der Waals surface area contributed by atoms with E-state index in [2.05, 4.69) is 6.07 Å². The Balaban J connectivity index is 1.57. The van der Waals surface area contributed by atoms with Crippen LogP contribution in [0.2, 0.25) is 0 Å². The van der Waals surface area contributed by atoms with Crippen LogP contribution in [0.25, 0.3) is 0 Å². The molecule has 0 aliphatic carbocycles. The lowest BCUT2D eigenvalue weighted by Crippen LogP contribution is -2.33. The van der Waals surface area contributed by atoms with Gasteiger partial charge in [0, 0.05) is 23.1 Å². The second-order valence-corrected chi connectivity index (χ2v) is 7.84. The lowest BCUT2D eigenvalue weighted by molar-refractivity contribution is -0.0191. The molecule has 3 aromatic carbocycles. The molecule has 3 aromatic rings. The summed E-state index contributed by atoms with van der Waals surface area (Å²) < 4.78 is 28.3. The normalized spacial score (nSPS) is 18.5. The molecule has 2 aliphatic rings. The molecule has 0 spiro atoms. The van der Waals surface area contributed by atoms with Crippen molar-refractivity contribution in [3.05, 3.63) is 77.4 Å². The summed E-state index contributed by atoms with van der Waals surface area (Å²) in [6.45, 7) is 0. The maximum atomic E-state index is 6.45. The number of ether oxygens (including phenoxy) is 5. The minimum absolute atomic E-state index is 0.0520. The summed E-state index contributed by atoms with van der Waals surface area (Å²) in [7, 11) is 6.52. The third-order valence-corrected chi connectivity index (χ3v) is 6.11. The van der Waals surface area contributed by atoms with Crippen molar-refractivity contribution in [2.75, 3.05) is 28.4 Å². The highest BCUT2D eigenvalue weighted by Crippen LogP contribution is 2.48. The molecule has 0 radical (unpaired) electrons. The number of hydrogen-bond donors (Lipinski definition) is 0. The van der Waals surface area contributed by atoms with Gasteiger partial charge in [0.15, 0.2) is 23.0 Å². The first kappa shape index (κ1) is 21.0. The molecule has 0 aromatic heterocycles. The van der Waals surface area contributed by atoms with E-state index in [-0.39, 0.29) is 6.04 Å². The zero-order valence-corrected chi connectivity index (χ0v) is 19.1. The van der Waals surface area contributed by atoms with Gasteiger partial charge in [0.25, 0.3) is 0 Å². The minimum atomic E-state index is -0.401. The Bertz CT molecular complexity index is 1210. The average molecular weight is 447 g/mol. The summed E-state index contributed by atoms with van der Waals surface area (Å²) in [6, 6.07) is 19.9. The van der Waals surface area contributed by atoms with Gasteiger partial charge in [0.05, 0.1) is 40.2 Å². The molecule has 33 heavy (non-hydrogen) atoms. The minimum Gasteiger partial charge on any atom is -0.493 e. The van der Waals surface area contributed by atoms with E-state index in [1.165, 1.54) is 0 Å². The summed E-state index contributed by atoms with van der Waals surface area (Å²) in [4.78, 5) is 0.